The number of nitrogens with two attached hydrogens (primary N) is 1. The van der Waals surface area contributed by atoms with Crippen LogP contribution in [-0.4, -0.2) is 48.7 Å². The smallest absolute Gasteiger partial charge is 0.0633 e. The number of allylic oxidation sites excluding steroid dienone is 2. The first-order valence-corrected chi connectivity index (χ1v) is 13.2. The van der Waals surface area contributed by atoms with Crippen LogP contribution in [0.15, 0.2) is 102 Å². The van der Waals surface area contributed by atoms with Crippen LogP contribution in [0.3, 0.4) is 0 Å². The molecule has 1 saturated heterocycles. The first-order chi connectivity index (χ1) is 17.9. The molecule has 37 heavy (non-hydrogen) atoms. The van der Waals surface area contributed by atoms with Crippen LogP contribution in [-0.2, 0) is 13.0 Å². The highest BCUT2D eigenvalue weighted by Crippen LogP contribution is 2.23. The molecule has 0 radical (unpaired) electrons. The number of hydrogen-bond acceptors (Lipinski definition) is 4. The molecule has 1 aliphatic heterocycles. The van der Waals surface area contributed by atoms with Gasteiger partial charge in [-0.2, -0.15) is 0 Å². The molecule has 192 valence electrons. The van der Waals surface area contributed by atoms with Crippen molar-refractivity contribution in [1.82, 2.24) is 9.80 Å². The Balaban J connectivity index is 1.32. The highest BCUT2D eigenvalue weighted by atomic mass is 15.2. The average Bonchev–Trinajstić information content (AvgIpc) is 2.91. The number of benzene rings is 3. The molecule has 0 atom stereocenters. The number of nitrogens with zero attached hydrogens (tertiary/aromatic N) is 3. The third-order valence-corrected chi connectivity index (χ3v) is 7.20. The second-order valence-electron chi connectivity index (χ2n) is 10.3. The van der Waals surface area contributed by atoms with Crippen LogP contribution < -0.4 is 5.73 Å². The standard InChI is InChI=1S/C33H40N4/c1-5-31(34)22-25(2)35-32-16-10-27(11-17-32)23-26-6-12-29(13-7-26)30-14-8-28(9-15-30)24-37-20-18-33(19-21-37)36(3)4/h5-17,22,33H,1,18-21,23-24,34H2,2-4H3. The van der Waals surface area contributed by atoms with Gasteiger partial charge < -0.3 is 10.6 Å². The third-order valence-electron chi connectivity index (χ3n) is 7.20. The van der Waals surface area contributed by atoms with Gasteiger partial charge in [0.05, 0.1) is 5.69 Å². The summed E-state index contributed by atoms with van der Waals surface area (Å²) in [5, 5.41) is 0. The van der Waals surface area contributed by atoms with Crippen LogP contribution in [0.2, 0.25) is 0 Å². The SMILES string of the molecule is C=CC(N)=CC(C)=Nc1ccc(Cc2ccc(-c3ccc(CN4CCC(N(C)C)CC4)cc3)cc2)cc1. The first-order valence-electron chi connectivity index (χ1n) is 13.2. The van der Waals surface area contributed by atoms with E-state index < -0.39 is 0 Å². The zero-order valence-corrected chi connectivity index (χ0v) is 22.5. The number of likely N-dealkylation sites (tertiary alicyclic amines) is 1. The highest BCUT2D eigenvalue weighted by Gasteiger charge is 2.20. The lowest BCUT2D eigenvalue weighted by Crippen LogP contribution is -2.41. The van der Waals surface area contributed by atoms with E-state index in [9.17, 15) is 0 Å². The van der Waals surface area contributed by atoms with Gasteiger partial charge in [0.25, 0.3) is 0 Å². The lowest BCUT2D eigenvalue weighted by Gasteiger charge is -2.35. The summed E-state index contributed by atoms with van der Waals surface area (Å²) in [4.78, 5) is 9.55. The Morgan fingerprint density at radius 2 is 1.41 bits per heavy atom. The van der Waals surface area contributed by atoms with Gasteiger partial charge in [0.2, 0.25) is 0 Å². The molecule has 3 aromatic rings. The van der Waals surface area contributed by atoms with Crippen LogP contribution in [0.5, 0.6) is 0 Å². The van der Waals surface area contributed by atoms with Gasteiger partial charge in [0, 0.05) is 24.0 Å². The molecule has 0 amide bonds. The van der Waals surface area contributed by atoms with Crippen LogP contribution >= 0.6 is 0 Å². The summed E-state index contributed by atoms with van der Waals surface area (Å²) in [6.45, 7) is 9.02. The topological polar surface area (TPSA) is 44.9 Å². The summed E-state index contributed by atoms with van der Waals surface area (Å²) >= 11 is 0. The molecule has 0 spiro atoms. The molecule has 0 unspecified atom stereocenters. The van der Waals surface area contributed by atoms with E-state index in [1.807, 2.05) is 13.0 Å². The molecule has 1 aliphatic rings. The molecule has 1 heterocycles. The zero-order chi connectivity index (χ0) is 26.2. The Morgan fingerprint density at radius 1 is 0.892 bits per heavy atom. The Morgan fingerprint density at radius 3 is 1.92 bits per heavy atom. The van der Waals surface area contributed by atoms with Crippen molar-refractivity contribution in [1.29, 1.82) is 0 Å². The van der Waals surface area contributed by atoms with Crippen LogP contribution in [0, 0.1) is 0 Å². The molecule has 0 bridgehead atoms. The maximum Gasteiger partial charge on any atom is 0.0633 e. The van der Waals surface area contributed by atoms with Crippen molar-refractivity contribution >= 4 is 11.4 Å². The number of aliphatic imine (C=N–C) groups is 1. The van der Waals surface area contributed by atoms with Crippen molar-refractivity contribution in [3.8, 4) is 11.1 Å². The first kappa shape index (κ1) is 26.6. The molecular formula is C33H40N4. The fourth-order valence-electron chi connectivity index (χ4n) is 4.93. The van der Waals surface area contributed by atoms with Crippen LogP contribution in [0.1, 0.15) is 36.5 Å². The van der Waals surface area contributed by atoms with E-state index in [1.165, 1.54) is 53.7 Å². The van der Waals surface area contributed by atoms with Crippen molar-refractivity contribution in [3.63, 3.8) is 0 Å². The molecule has 1 fully saturated rings. The molecule has 4 heteroatoms. The minimum atomic E-state index is 0.619. The highest BCUT2D eigenvalue weighted by molar-refractivity contribution is 5.95. The van der Waals surface area contributed by atoms with Crippen LogP contribution in [0.25, 0.3) is 11.1 Å². The van der Waals surface area contributed by atoms with Crippen molar-refractivity contribution in [2.24, 2.45) is 10.7 Å². The Bertz CT molecular complexity index is 1210. The minimum Gasteiger partial charge on any atom is -0.399 e. The molecule has 4 nitrogen and oxygen atoms in total. The molecule has 4 rings (SSSR count). The van der Waals surface area contributed by atoms with Gasteiger partial charge in [-0.25, -0.2) is 0 Å². The van der Waals surface area contributed by atoms with E-state index in [0.29, 0.717) is 5.70 Å². The summed E-state index contributed by atoms with van der Waals surface area (Å²) in [5.41, 5.74) is 14.7. The largest absolute Gasteiger partial charge is 0.399 e. The minimum absolute atomic E-state index is 0.619. The van der Waals surface area contributed by atoms with E-state index in [1.54, 1.807) is 6.08 Å². The second kappa shape index (κ2) is 12.7. The summed E-state index contributed by atoms with van der Waals surface area (Å²) in [7, 11) is 4.39. The molecule has 0 aromatic heterocycles. The second-order valence-corrected chi connectivity index (χ2v) is 10.3. The predicted molar refractivity (Wildman–Crippen MR) is 158 cm³/mol. The number of piperidine rings is 1. The lowest BCUT2D eigenvalue weighted by molar-refractivity contribution is 0.140. The van der Waals surface area contributed by atoms with E-state index in [4.69, 9.17) is 5.73 Å². The van der Waals surface area contributed by atoms with Gasteiger partial charge >= 0.3 is 0 Å². The summed E-state index contributed by atoms with van der Waals surface area (Å²) in [5.74, 6) is 0. The maximum atomic E-state index is 5.80. The lowest BCUT2D eigenvalue weighted by atomic mass is 9.99. The normalized spacial score (nSPS) is 15.8. The Hall–Kier alpha value is -3.47. The van der Waals surface area contributed by atoms with Gasteiger partial charge in [0.15, 0.2) is 0 Å². The van der Waals surface area contributed by atoms with Crippen LogP contribution in [0.4, 0.5) is 5.69 Å². The monoisotopic (exact) mass is 492 g/mol. The Labute approximate surface area is 222 Å². The third kappa shape index (κ3) is 7.75. The molecule has 0 aliphatic carbocycles. The van der Waals surface area contributed by atoms with Gasteiger partial charge in [-0.15, -0.1) is 0 Å². The molecule has 3 aromatic carbocycles. The average molecular weight is 493 g/mol. The summed E-state index contributed by atoms with van der Waals surface area (Å²) in [6, 6.07) is 27.1. The molecule has 2 N–H and O–H groups in total. The van der Waals surface area contributed by atoms with Gasteiger partial charge in [-0.3, -0.25) is 9.89 Å². The van der Waals surface area contributed by atoms with E-state index in [-0.39, 0.29) is 0 Å². The predicted octanol–water partition coefficient (Wildman–Crippen LogP) is 6.59. The van der Waals surface area contributed by atoms with Crippen molar-refractivity contribution in [2.75, 3.05) is 27.2 Å². The fourth-order valence-corrected chi connectivity index (χ4v) is 4.93. The fraction of sp³-hybridized carbons (Fsp3) is 0.303. The quantitative estimate of drug-likeness (QED) is 0.271. The van der Waals surface area contributed by atoms with E-state index in [2.05, 4.69) is 108 Å². The number of rotatable bonds is 9. The summed E-state index contributed by atoms with van der Waals surface area (Å²) in [6.07, 6.45) is 6.87. The number of hydrogen-bond donors (Lipinski definition) is 1. The van der Waals surface area contributed by atoms with Crippen molar-refractivity contribution < 1.29 is 0 Å². The van der Waals surface area contributed by atoms with Gasteiger partial charge in [-0.1, -0.05) is 67.2 Å². The van der Waals surface area contributed by atoms with Gasteiger partial charge in [0.1, 0.15) is 0 Å². The molecule has 0 saturated carbocycles. The zero-order valence-electron chi connectivity index (χ0n) is 22.5. The maximum absolute atomic E-state index is 5.80. The van der Waals surface area contributed by atoms with E-state index >= 15 is 0 Å². The van der Waals surface area contributed by atoms with E-state index in [0.717, 1.165) is 30.4 Å². The Kier molecular flexibility index (Phi) is 9.10. The molecular weight excluding hydrogens is 452 g/mol. The summed E-state index contributed by atoms with van der Waals surface area (Å²) < 4.78 is 0. The van der Waals surface area contributed by atoms with Gasteiger partial charge in [-0.05, 0) is 105 Å². The van der Waals surface area contributed by atoms with Crippen molar-refractivity contribution in [3.05, 3.63) is 114 Å². The van der Waals surface area contributed by atoms with Crippen molar-refractivity contribution in [2.45, 2.75) is 38.8 Å².